The van der Waals surface area contributed by atoms with Crippen LogP contribution in [0.4, 0.5) is 0 Å². The number of carbonyl (C=O) groups excluding carboxylic acids is 1. The number of hydrogen-bond donors (Lipinski definition) is 2. The molecule has 114 valence electrons. The Balaban J connectivity index is 3.12. The molecule has 1 rings (SSSR count). The Morgan fingerprint density at radius 3 is 2.65 bits per heavy atom. The van der Waals surface area contributed by atoms with Crippen LogP contribution in [0, 0.1) is 0 Å². The van der Waals surface area contributed by atoms with Gasteiger partial charge in [0.2, 0.25) is 10.0 Å². The fourth-order valence-electron chi connectivity index (χ4n) is 1.87. The summed E-state index contributed by atoms with van der Waals surface area (Å²) in [5.74, 6) is -0.340. The summed E-state index contributed by atoms with van der Waals surface area (Å²) in [6, 6.07) is 1.36. The van der Waals surface area contributed by atoms with Gasteiger partial charge in [-0.25, -0.2) is 8.42 Å². The minimum atomic E-state index is -3.65. The van der Waals surface area contributed by atoms with E-state index in [9.17, 15) is 13.2 Å². The lowest BCUT2D eigenvalue weighted by molar-refractivity contribution is 0.0955. The summed E-state index contributed by atoms with van der Waals surface area (Å²) >= 11 is 0. The molecule has 0 aliphatic rings. The van der Waals surface area contributed by atoms with Crippen LogP contribution >= 0.6 is 0 Å². The average molecular weight is 303 g/mol. The Bertz CT molecular complexity index is 565. The molecule has 0 saturated heterocycles. The molecule has 8 heteroatoms. The molecule has 7 nitrogen and oxygen atoms in total. The number of carbonyl (C=O) groups is 1. The fourth-order valence-corrected chi connectivity index (χ4v) is 3.43. The van der Waals surface area contributed by atoms with Crippen LogP contribution in [0.15, 0.2) is 17.2 Å². The van der Waals surface area contributed by atoms with Crippen LogP contribution in [-0.2, 0) is 17.1 Å². The van der Waals surface area contributed by atoms with Crippen molar-refractivity contribution in [1.82, 2.24) is 14.2 Å². The van der Waals surface area contributed by atoms with Gasteiger partial charge in [0.1, 0.15) is 10.6 Å². The highest BCUT2D eigenvalue weighted by Gasteiger charge is 2.25. The monoisotopic (exact) mass is 303 g/mol. The number of nitrogens with zero attached hydrogens (tertiary/aromatic N) is 2. The second kappa shape index (κ2) is 6.87. The number of nitrogens with one attached hydrogen (secondary N) is 1. The zero-order valence-electron chi connectivity index (χ0n) is 12.0. The highest BCUT2D eigenvalue weighted by molar-refractivity contribution is 7.89. The van der Waals surface area contributed by atoms with Crippen LogP contribution < -0.4 is 5.32 Å². The maximum Gasteiger partial charge on any atom is 0.267 e. The average Bonchev–Trinajstić information content (AvgIpc) is 2.81. The lowest BCUT2D eigenvalue weighted by atomic mass is 10.4. The number of aryl methyl sites for hydroxylation is 1. The molecular weight excluding hydrogens is 282 g/mol. The summed E-state index contributed by atoms with van der Waals surface area (Å²) in [7, 11) is -0.538. The summed E-state index contributed by atoms with van der Waals surface area (Å²) in [6.45, 7) is 2.23. The molecule has 0 bridgehead atoms. The predicted molar refractivity (Wildman–Crippen MR) is 74.9 cm³/mol. The molecule has 0 aliphatic heterocycles. The molecule has 0 spiro atoms. The number of hydrogen-bond acceptors (Lipinski definition) is 4. The van der Waals surface area contributed by atoms with E-state index < -0.39 is 10.0 Å². The molecule has 1 aromatic heterocycles. The van der Waals surface area contributed by atoms with Crippen LogP contribution in [0.1, 0.15) is 23.8 Å². The summed E-state index contributed by atoms with van der Waals surface area (Å²) < 4.78 is 27.7. The van der Waals surface area contributed by atoms with Crippen molar-refractivity contribution in [3.8, 4) is 0 Å². The van der Waals surface area contributed by atoms with Gasteiger partial charge in [-0.05, 0) is 12.5 Å². The second-order valence-corrected chi connectivity index (χ2v) is 6.26. The molecule has 2 N–H and O–H groups in total. The summed E-state index contributed by atoms with van der Waals surface area (Å²) in [4.78, 5) is 11.7. The van der Waals surface area contributed by atoms with E-state index in [2.05, 4.69) is 5.32 Å². The van der Waals surface area contributed by atoms with Crippen molar-refractivity contribution in [2.24, 2.45) is 7.05 Å². The van der Waals surface area contributed by atoms with Crippen molar-refractivity contribution in [1.29, 1.82) is 0 Å². The predicted octanol–water partition coefficient (Wildman–Crippen LogP) is -0.222. The third-order valence-electron chi connectivity index (χ3n) is 3.00. The molecule has 0 aromatic carbocycles. The molecular formula is C12H21N3O4S. The van der Waals surface area contributed by atoms with Gasteiger partial charge >= 0.3 is 0 Å². The third-order valence-corrected chi connectivity index (χ3v) is 4.94. The molecule has 1 amide bonds. The number of amides is 1. The largest absolute Gasteiger partial charge is 0.396 e. The van der Waals surface area contributed by atoms with Gasteiger partial charge in [-0.2, -0.15) is 4.31 Å². The van der Waals surface area contributed by atoms with Crippen molar-refractivity contribution >= 4 is 15.9 Å². The van der Waals surface area contributed by atoms with Gasteiger partial charge in [0, 0.05) is 40.0 Å². The Hall–Kier alpha value is -1.38. The number of sulfonamides is 1. The maximum absolute atomic E-state index is 12.4. The molecule has 0 unspecified atom stereocenters. The number of aliphatic hydroxyl groups is 1. The fraction of sp³-hybridized carbons (Fsp3) is 0.583. The van der Waals surface area contributed by atoms with Crippen LogP contribution in [0.25, 0.3) is 0 Å². The van der Waals surface area contributed by atoms with Crippen molar-refractivity contribution in [3.05, 3.63) is 18.0 Å². The number of aliphatic hydroxyl groups excluding tert-OH is 1. The molecule has 1 aromatic rings. The summed E-state index contributed by atoms with van der Waals surface area (Å²) in [5.41, 5.74) is 0.282. The summed E-state index contributed by atoms with van der Waals surface area (Å²) in [6.07, 6.45) is 1.80. The molecule has 1 heterocycles. The minimum Gasteiger partial charge on any atom is -0.396 e. The second-order valence-electron chi connectivity index (χ2n) is 4.32. The Morgan fingerprint density at radius 2 is 2.15 bits per heavy atom. The van der Waals surface area contributed by atoms with E-state index in [1.165, 1.54) is 28.2 Å². The van der Waals surface area contributed by atoms with Gasteiger partial charge in [0.05, 0.1) is 0 Å². The number of aromatic nitrogens is 1. The summed E-state index contributed by atoms with van der Waals surface area (Å²) in [5, 5.41) is 11.3. The molecule has 0 atom stereocenters. The molecule has 0 aliphatic carbocycles. The van der Waals surface area contributed by atoms with Gasteiger partial charge in [-0.1, -0.05) is 6.92 Å². The first-order valence-electron chi connectivity index (χ1n) is 6.37. The lowest BCUT2D eigenvalue weighted by Gasteiger charge is -2.19. The first-order chi connectivity index (χ1) is 9.38. The highest BCUT2D eigenvalue weighted by atomic mass is 32.2. The zero-order chi connectivity index (χ0) is 15.3. The Morgan fingerprint density at radius 1 is 1.50 bits per heavy atom. The van der Waals surface area contributed by atoms with Gasteiger partial charge in [-0.3, -0.25) is 4.79 Å². The van der Waals surface area contributed by atoms with E-state index in [-0.39, 0.29) is 29.6 Å². The quantitative estimate of drug-likeness (QED) is 0.728. The zero-order valence-corrected chi connectivity index (χ0v) is 12.8. The van der Waals surface area contributed by atoms with E-state index in [1.807, 2.05) is 0 Å². The smallest absolute Gasteiger partial charge is 0.267 e. The topological polar surface area (TPSA) is 91.6 Å². The number of rotatable bonds is 7. The van der Waals surface area contributed by atoms with E-state index in [0.29, 0.717) is 13.0 Å². The minimum absolute atomic E-state index is 0.0652. The van der Waals surface area contributed by atoms with Crippen LogP contribution in [0.3, 0.4) is 0 Å². The van der Waals surface area contributed by atoms with Gasteiger partial charge in [0.25, 0.3) is 5.91 Å². The van der Waals surface area contributed by atoms with Crippen molar-refractivity contribution in [2.75, 3.05) is 26.7 Å². The Kier molecular flexibility index (Phi) is 5.73. The van der Waals surface area contributed by atoms with Crippen molar-refractivity contribution in [3.63, 3.8) is 0 Å². The molecule has 20 heavy (non-hydrogen) atoms. The van der Waals surface area contributed by atoms with Crippen LogP contribution in [-0.4, -0.2) is 55.0 Å². The van der Waals surface area contributed by atoms with E-state index in [0.717, 1.165) is 0 Å². The maximum atomic E-state index is 12.4. The standard InChI is InChI=1S/C12H21N3O4S/c1-4-15(6-5-7-16)20(18,19)10-8-11(12(17)13-2)14(3)9-10/h8-9,16H,4-7H2,1-3H3,(H,13,17). The molecule has 0 saturated carbocycles. The highest BCUT2D eigenvalue weighted by Crippen LogP contribution is 2.18. The van der Waals surface area contributed by atoms with Gasteiger partial charge in [0.15, 0.2) is 0 Å². The van der Waals surface area contributed by atoms with Gasteiger partial charge < -0.3 is 15.0 Å². The van der Waals surface area contributed by atoms with E-state index >= 15 is 0 Å². The van der Waals surface area contributed by atoms with E-state index in [4.69, 9.17) is 5.11 Å². The Labute approximate surface area is 119 Å². The molecule has 0 radical (unpaired) electrons. The lowest BCUT2D eigenvalue weighted by Crippen LogP contribution is -2.32. The van der Waals surface area contributed by atoms with Crippen LogP contribution in [0.2, 0.25) is 0 Å². The normalized spacial score (nSPS) is 11.8. The van der Waals surface area contributed by atoms with Crippen molar-refractivity contribution in [2.45, 2.75) is 18.2 Å². The third kappa shape index (κ3) is 3.38. The van der Waals surface area contributed by atoms with Crippen molar-refractivity contribution < 1.29 is 18.3 Å². The SMILES string of the molecule is CCN(CCCO)S(=O)(=O)c1cc(C(=O)NC)n(C)c1. The first-order valence-corrected chi connectivity index (χ1v) is 7.82. The van der Waals surface area contributed by atoms with Gasteiger partial charge in [-0.15, -0.1) is 0 Å². The first kappa shape index (κ1) is 16.7. The molecule has 0 fully saturated rings. The van der Waals surface area contributed by atoms with E-state index in [1.54, 1.807) is 14.0 Å². The van der Waals surface area contributed by atoms with Crippen LogP contribution in [0.5, 0.6) is 0 Å².